The molecule has 3 fully saturated rings. The molecular weight excluding hydrogens is 1130 g/mol. The van der Waals surface area contributed by atoms with Crippen LogP contribution in [0.25, 0.3) is 27.1 Å². The number of carboxylic acid groups (broad SMARTS) is 1. The quantitative estimate of drug-likeness (QED) is 0.0301. The summed E-state index contributed by atoms with van der Waals surface area (Å²) in [6.45, 7) is 5.85. The topological polar surface area (TPSA) is 223 Å². The summed E-state index contributed by atoms with van der Waals surface area (Å²) in [5, 5.41) is 16.2. The monoisotopic (exact) mass is 1190 g/mol. The van der Waals surface area contributed by atoms with Crippen LogP contribution >= 0.6 is 45.7 Å². The summed E-state index contributed by atoms with van der Waals surface area (Å²) in [7, 11) is 2.08. The molecular formula is C52H55IN9O12S2+. The van der Waals surface area contributed by atoms with E-state index in [4.69, 9.17) is 14.2 Å². The number of anilines is 1. The van der Waals surface area contributed by atoms with Crippen molar-refractivity contribution in [1.29, 1.82) is 0 Å². The van der Waals surface area contributed by atoms with Gasteiger partial charge in [-0.25, -0.2) is 19.4 Å². The fourth-order valence-electron chi connectivity index (χ4n) is 8.91. The lowest BCUT2D eigenvalue weighted by Gasteiger charge is -2.43. The molecule has 8 rings (SSSR count). The highest BCUT2D eigenvalue weighted by Gasteiger charge is 2.43. The van der Waals surface area contributed by atoms with Gasteiger partial charge in [-0.15, -0.1) is 0 Å². The molecule has 5 heterocycles. The Labute approximate surface area is 459 Å². The Morgan fingerprint density at radius 2 is 1.36 bits per heavy atom. The maximum Gasteiger partial charge on any atom is 0.334 e. The summed E-state index contributed by atoms with van der Waals surface area (Å²) in [5.74, 6) is -5.65. The number of aryl methyl sites for hydroxylation is 1. The van der Waals surface area contributed by atoms with Crippen molar-refractivity contribution in [3.63, 3.8) is 0 Å². The number of thiazole rings is 1. The maximum atomic E-state index is 13.6. The highest BCUT2D eigenvalue weighted by Crippen LogP contribution is 2.47. The number of piperazine rings is 1. The summed E-state index contributed by atoms with van der Waals surface area (Å²) in [6.07, 6.45) is 11.2. The van der Waals surface area contributed by atoms with Crippen molar-refractivity contribution in [3.8, 4) is 0 Å². The van der Waals surface area contributed by atoms with E-state index in [1.54, 1.807) is 42.4 Å². The van der Waals surface area contributed by atoms with Crippen molar-refractivity contribution in [2.24, 2.45) is 7.05 Å². The number of likely N-dealkylation sites (N-methyl/N-ethyl adjacent to an activating group) is 2. The number of hydrogen-bond acceptors (Lipinski definition) is 16. The first-order chi connectivity index (χ1) is 36.5. The number of urea groups is 2. The molecule has 2 unspecified atom stereocenters. The molecule has 0 spiro atoms. The molecule has 4 aliphatic rings. The van der Waals surface area contributed by atoms with Crippen LogP contribution in [-0.2, 0) is 50.0 Å². The number of allylic oxidation sites excluding steroid dienone is 4. The van der Waals surface area contributed by atoms with Crippen molar-refractivity contribution < 1.29 is 62.2 Å². The summed E-state index contributed by atoms with van der Waals surface area (Å²) >= 11 is 5.68. The lowest BCUT2D eigenvalue weighted by atomic mass is 10.1. The number of carbonyl (C=O) groups is 8. The van der Waals surface area contributed by atoms with E-state index < -0.39 is 60.7 Å². The summed E-state index contributed by atoms with van der Waals surface area (Å²) < 4.78 is 21.5. The van der Waals surface area contributed by atoms with Gasteiger partial charge in [-0.1, -0.05) is 47.4 Å². The lowest BCUT2D eigenvalue weighted by Crippen LogP contribution is -2.58. The predicted octanol–water partition coefficient (Wildman–Crippen LogP) is 5.37. The highest BCUT2D eigenvalue weighted by molar-refractivity contribution is 14.1. The Bertz CT molecular complexity index is 3170. The number of amides is 9. The SMILES string of the molecule is CCN1C(=O)C(=CC=CN2CC(C)N(C=CC=C3C(=O)N(CC)C(=O)N(CC(=O)NCOCOCOCN4/C(=C/c5sc6ccc7ccccc7c6[n+]5C)Sc5ccc(I)cc54)C3=O)CC2C)C(=O)N(CC(=O)O)C1=O. The third-order valence-electron chi connectivity index (χ3n) is 12.8. The third-order valence-corrected chi connectivity index (χ3v) is 15.8. The first kappa shape index (κ1) is 55.3. The molecule has 4 aliphatic heterocycles. The standard InChI is InChI=1S/C52H54IN9O12S2/c1-6-58-47(66)37(14-10-20-56-24-33(4)57(25-32(56)3)21-11-15-38-48(67)59(7-2)52(71)61(50(38)69)27-45(64)65)49(68)60(51(58)70)26-42(63)54-28-72-30-74-31-73-29-62-39-22-35(53)17-19-40(39)75-44(62)23-43-55(5)46-36-13-9-8-12-34(36)16-18-41(46)76-43/h8-23,32-33H,6-7,24-31H2,1-5H3,(H-,54,63,64,65)/p+1. The normalized spacial score (nSPS) is 20.2. The number of ether oxygens (including phenoxy) is 3. The number of aromatic nitrogens is 1. The minimum atomic E-state index is -1.40. The predicted molar refractivity (Wildman–Crippen MR) is 290 cm³/mol. The molecule has 4 aromatic rings. The number of fused-ring (bicyclic) bond motifs is 4. The van der Waals surface area contributed by atoms with Crippen LogP contribution < -0.4 is 14.8 Å². The van der Waals surface area contributed by atoms with E-state index in [1.807, 2.05) is 29.7 Å². The van der Waals surface area contributed by atoms with E-state index in [0.717, 1.165) is 34.0 Å². The van der Waals surface area contributed by atoms with E-state index in [0.29, 0.717) is 22.9 Å². The Kier molecular flexibility index (Phi) is 17.7. The molecule has 9 amide bonds. The van der Waals surface area contributed by atoms with Gasteiger partial charge in [-0.3, -0.25) is 38.6 Å². The molecule has 0 radical (unpaired) electrons. The van der Waals surface area contributed by atoms with Crippen molar-refractivity contribution in [2.45, 2.75) is 44.7 Å². The number of hydrogen-bond donors (Lipinski definition) is 2. The zero-order valence-electron chi connectivity index (χ0n) is 42.2. The number of halogens is 1. The van der Waals surface area contributed by atoms with Crippen LogP contribution in [0.2, 0.25) is 0 Å². The zero-order valence-corrected chi connectivity index (χ0v) is 46.0. The van der Waals surface area contributed by atoms with E-state index >= 15 is 0 Å². The van der Waals surface area contributed by atoms with E-state index in [1.165, 1.54) is 52.2 Å². The average molecular weight is 1190 g/mol. The highest BCUT2D eigenvalue weighted by atomic mass is 127. The van der Waals surface area contributed by atoms with Gasteiger partial charge in [0.2, 0.25) is 11.4 Å². The molecule has 2 atom stereocenters. The van der Waals surface area contributed by atoms with Gasteiger partial charge in [0.05, 0.1) is 22.2 Å². The Morgan fingerprint density at radius 3 is 1.97 bits per heavy atom. The number of nitrogens with zero attached hydrogens (tertiary/aromatic N) is 8. The van der Waals surface area contributed by atoms with Crippen LogP contribution in [0.3, 0.4) is 0 Å². The van der Waals surface area contributed by atoms with Crippen LogP contribution in [-0.4, -0.2) is 160 Å². The number of barbiturate groups is 2. The fraction of sp³-hybridized carbons (Fsp3) is 0.327. The number of nitrogens with one attached hydrogen (secondary N) is 1. The molecule has 3 aromatic carbocycles. The smallest absolute Gasteiger partial charge is 0.334 e. The minimum Gasteiger partial charge on any atom is -0.480 e. The molecule has 2 N–H and O–H groups in total. The van der Waals surface area contributed by atoms with E-state index in [-0.39, 0.29) is 63.4 Å². The van der Waals surface area contributed by atoms with Crippen molar-refractivity contribution >= 4 is 126 Å². The van der Waals surface area contributed by atoms with Crippen LogP contribution in [0, 0.1) is 3.57 Å². The van der Waals surface area contributed by atoms with Crippen LogP contribution in [0.5, 0.6) is 0 Å². The largest absolute Gasteiger partial charge is 0.480 e. The molecule has 0 bridgehead atoms. The summed E-state index contributed by atoms with van der Waals surface area (Å²) in [6, 6.07) is 16.8. The second kappa shape index (κ2) is 24.4. The number of benzene rings is 3. The summed E-state index contributed by atoms with van der Waals surface area (Å²) in [5.41, 5.74) is 1.54. The van der Waals surface area contributed by atoms with Gasteiger partial charge < -0.3 is 39.3 Å². The Balaban J connectivity index is 0.804. The van der Waals surface area contributed by atoms with Gasteiger partial charge in [-0.2, -0.15) is 4.57 Å². The molecule has 398 valence electrons. The number of imide groups is 4. The molecule has 0 saturated carbocycles. The molecule has 76 heavy (non-hydrogen) atoms. The second-order valence-electron chi connectivity index (χ2n) is 17.8. The van der Waals surface area contributed by atoms with Crippen LogP contribution in [0.4, 0.5) is 15.3 Å². The first-order valence-electron chi connectivity index (χ1n) is 24.1. The first-order valence-corrected chi connectivity index (χ1v) is 26.8. The van der Waals surface area contributed by atoms with Gasteiger partial charge in [0, 0.05) is 46.7 Å². The molecule has 0 aliphatic carbocycles. The number of thioether (sulfide) groups is 1. The zero-order chi connectivity index (χ0) is 54.4. The van der Waals surface area contributed by atoms with Crippen molar-refractivity contribution in [1.82, 2.24) is 34.7 Å². The minimum absolute atomic E-state index is 0.0480. The van der Waals surface area contributed by atoms with E-state index in [2.05, 4.69) is 99.0 Å². The number of carboxylic acids is 1. The number of carbonyl (C=O) groups excluding carboxylic acids is 7. The van der Waals surface area contributed by atoms with Crippen LogP contribution in [0.15, 0.2) is 112 Å². The Morgan fingerprint density at radius 1 is 0.763 bits per heavy atom. The van der Waals surface area contributed by atoms with Gasteiger partial charge in [0.15, 0.2) is 13.6 Å². The van der Waals surface area contributed by atoms with Gasteiger partial charge >= 0.3 is 18.0 Å². The number of rotatable bonds is 19. The maximum absolute atomic E-state index is 13.6. The van der Waals surface area contributed by atoms with Crippen molar-refractivity contribution in [3.05, 3.63) is 116 Å². The summed E-state index contributed by atoms with van der Waals surface area (Å²) in [4.78, 5) is 113. The molecule has 3 saturated heterocycles. The molecule has 1 aromatic heterocycles. The second-order valence-corrected chi connectivity index (χ2v) is 21.1. The van der Waals surface area contributed by atoms with E-state index in [9.17, 15) is 43.5 Å². The van der Waals surface area contributed by atoms with Gasteiger partial charge in [0.1, 0.15) is 49.4 Å². The molecule has 21 nitrogen and oxygen atoms in total. The van der Waals surface area contributed by atoms with Crippen LogP contribution in [0.1, 0.15) is 32.7 Å². The van der Waals surface area contributed by atoms with Crippen molar-refractivity contribution in [2.75, 3.05) is 71.2 Å². The lowest BCUT2D eigenvalue weighted by molar-refractivity contribution is -0.641. The van der Waals surface area contributed by atoms with Gasteiger partial charge in [0.25, 0.3) is 28.6 Å². The Hall–Kier alpha value is -6.97. The van der Waals surface area contributed by atoms with Gasteiger partial charge in [-0.05, 0) is 123 Å². The third kappa shape index (κ3) is 11.9. The molecule has 24 heteroatoms. The number of aliphatic carboxylic acids is 1. The average Bonchev–Trinajstić information content (AvgIpc) is 3.92. The fourth-order valence-corrected chi connectivity index (χ4v) is 11.6.